The Kier molecular flexibility index (Phi) is 8.61. The highest BCUT2D eigenvalue weighted by Crippen LogP contribution is 2.44. The summed E-state index contributed by atoms with van der Waals surface area (Å²) in [5, 5.41) is 14.5. The number of carboxylic acids is 1. The zero-order chi connectivity index (χ0) is 19.0. The lowest BCUT2D eigenvalue weighted by molar-refractivity contribution is -0.141. The standard InChI is InChI=1S/C15H24N3O5PS/c1-10(16)24(22,23)8-12(15(20)21)18-14(19)13(9-25)17-7-11-5-3-2-4-6-11/h2-6,10,12-13,17,25H,7-9,16H2,1H3,(H,18,19)(H,20,21)(H,22,23)/t10?,12?,13-/m0/s1. The van der Waals surface area contributed by atoms with Crippen molar-refractivity contribution in [2.75, 3.05) is 11.9 Å². The van der Waals surface area contributed by atoms with Crippen LogP contribution in [0.4, 0.5) is 0 Å². The molecule has 0 saturated heterocycles. The highest BCUT2D eigenvalue weighted by molar-refractivity contribution is 7.80. The van der Waals surface area contributed by atoms with Crippen molar-refractivity contribution in [1.82, 2.24) is 10.6 Å². The van der Waals surface area contributed by atoms with Gasteiger partial charge in [0.05, 0.1) is 18.0 Å². The molecule has 0 aliphatic heterocycles. The molecule has 0 fully saturated rings. The van der Waals surface area contributed by atoms with Crippen molar-refractivity contribution in [1.29, 1.82) is 0 Å². The van der Waals surface area contributed by atoms with Gasteiger partial charge in [-0.15, -0.1) is 0 Å². The SMILES string of the molecule is CC(N)P(=O)(O)CC(NC(=O)[C@H](CS)NCc1ccccc1)C(=O)O. The van der Waals surface area contributed by atoms with E-state index in [9.17, 15) is 24.2 Å². The average molecular weight is 389 g/mol. The Morgan fingerprint density at radius 1 is 1.28 bits per heavy atom. The normalized spacial score (nSPS) is 17.1. The van der Waals surface area contributed by atoms with Gasteiger partial charge in [-0.3, -0.25) is 9.36 Å². The van der Waals surface area contributed by atoms with Gasteiger partial charge in [0, 0.05) is 12.3 Å². The number of aliphatic carboxylic acids is 1. The minimum Gasteiger partial charge on any atom is -0.480 e. The van der Waals surface area contributed by atoms with Gasteiger partial charge in [0.2, 0.25) is 13.3 Å². The second kappa shape index (κ2) is 9.94. The van der Waals surface area contributed by atoms with E-state index in [4.69, 9.17) is 5.73 Å². The fourth-order valence-electron chi connectivity index (χ4n) is 1.96. The molecule has 6 N–H and O–H groups in total. The molecule has 1 amide bonds. The van der Waals surface area contributed by atoms with Crippen LogP contribution in [-0.4, -0.2) is 51.7 Å². The molecule has 0 aromatic heterocycles. The summed E-state index contributed by atoms with van der Waals surface area (Å²) in [7, 11) is -3.89. The van der Waals surface area contributed by atoms with E-state index in [-0.39, 0.29) is 5.75 Å². The summed E-state index contributed by atoms with van der Waals surface area (Å²) in [5.74, 6) is -2.95. The Morgan fingerprint density at radius 2 is 1.88 bits per heavy atom. The van der Waals surface area contributed by atoms with Crippen LogP contribution in [0.15, 0.2) is 30.3 Å². The maximum absolute atomic E-state index is 12.3. The molecule has 3 unspecified atom stereocenters. The van der Waals surface area contributed by atoms with Gasteiger partial charge in [0.25, 0.3) is 0 Å². The number of carboxylic acid groups (broad SMARTS) is 1. The van der Waals surface area contributed by atoms with Gasteiger partial charge in [-0.25, -0.2) is 4.79 Å². The highest BCUT2D eigenvalue weighted by Gasteiger charge is 2.33. The number of hydrogen-bond acceptors (Lipinski definition) is 6. The molecule has 0 heterocycles. The van der Waals surface area contributed by atoms with Crippen molar-refractivity contribution >= 4 is 31.9 Å². The third-order valence-corrected chi connectivity index (χ3v) is 6.12. The first-order valence-electron chi connectivity index (χ1n) is 7.65. The van der Waals surface area contributed by atoms with E-state index < -0.39 is 43.3 Å². The fraction of sp³-hybridized carbons (Fsp3) is 0.467. The number of nitrogens with two attached hydrogens (primary N) is 1. The smallest absolute Gasteiger partial charge is 0.326 e. The van der Waals surface area contributed by atoms with Gasteiger partial charge < -0.3 is 26.4 Å². The molecule has 10 heteroatoms. The van der Waals surface area contributed by atoms with Crippen LogP contribution in [0.25, 0.3) is 0 Å². The lowest BCUT2D eigenvalue weighted by Crippen LogP contribution is -2.52. The Bertz CT molecular complexity index is 629. The molecule has 1 rings (SSSR count). The molecular weight excluding hydrogens is 365 g/mol. The van der Waals surface area contributed by atoms with Crippen LogP contribution in [-0.2, 0) is 20.7 Å². The molecule has 8 nitrogen and oxygen atoms in total. The number of hydrogen-bond donors (Lipinski definition) is 6. The van der Waals surface area contributed by atoms with Crippen molar-refractivity contribution in [2.24, 2.45) is 5.73 Å². The Morgan fingerprint density at radius 3 is 2.36 bits per heavy atom. The number of carbonyl (C=O) groups is 2. The van der Waals surface area contributed by atoms with E-state index in [1.165, 1.54) is 6.92 Å². The van der Waals surface area contributed by atoms with Crippen molar-refractivity contribution < 1.29 is 24.2 Å². The molecule has 0 aliphatic rings. The van der Waals surface area contributed by atoms with E-state index >= 15 is 0 Å². The van der Waals surface area contributed by atoms with E-state index in [0.717, 1.165) is 5.56 Å². The van der Waals surface area contributed by atoms with E-state index in [0.29, 0.717) is 6.54 Å². The predicted octanol–water partition coefficient (Wildman–Crippen LogP) is 0.219. The topological polar surface area (TPSA) is 142 Å². The third kappa shape index (κ3) is 7.17. The second-order valence-electron chi connectivity index (χ2n) is 5.68. The average Bonchev–Trinajstić information content (AvgIpc) is 2.55. The molecule has 1 aromatic rings. The van der Waals surface area contributed by atoms with Crippen LogP contribution in [0.5, 0.6) is 0 Å². The minimum atomic E-state index is -3.89. The Balaban J connectivity index is 2.70. The summed E-state index contributed by atoms with van der Waals surface area (Å²) in [6.45, 7) is 1.72. The number of amides is 1. The quantitative estimate of drug-likeness (QED) is 0.248. The number of carbonyl (C=O) groups excluding carboxylic acids is 1. The fourth-order valence-corrected chi connectivity index (χ4v) is 3.36. The zero-order valence-corrected chi connectivity index (χ0v) is 15.6. The predicted molar refractivity (Wildman–Crippen MR) is 98.8 cm³/mol. The van der Waals surface area contributed by atoms with Gasteiger partial charge in [0.1, 0.15) is 6.04 Å². The van der Waals surface area contributed by atoms with Crippen LogP contribution in [0.1, 0.15) is 12.5 Å². The van der Waals surface area contributed by atoms with Crippen molar-refractivity contribution in [3.05, 3.63) is 35.9 Å². The summed E-state index contributed by atoms with van der Waals surface area (Å²) in [6.07, 6.45) is -0.635. The molecule has 25 heavy (non-hydrogen) atoms. The van der Waals surface area contributed by atoms with Gasteiger partial charge in [0.15, 0.2) is 0 Å². The van der Waals surface area contributed by atoms with Crippen LogP contribution < -0.4 is 16.4 Å². The maximum atomic E-state index is 12.3. The van der Waals surface area contributed by atoms with Crippen LogP contribution in [0.2, 0.25) is 0 Å². The molecule has 0 radical (unpaired) electrons. The van der Waals surface area contributed by atoms with Crippen LogP contribution >= 0.6 is 20.0 Å². The van der Waals surface area contributed by atoms with Crippen LogP contribution in [0, 0.1) is 0 Å². The number of rotatable bonds is 10. The molecule has 0 saturated carbocycles. The summed E-state index contributed by atoms with van der Waals surface area (Å²) in [6, 6.07) is 7.10. The van der Waals surface area contributed by atoms with Crippen molar-refractivity contribution in [2.45, 2.75) is 31.3 Å². The summed E-state index contributed by atoms with van der Waals surface area (Å²) in [4.78, 5) is 33.3. The molecule has 1 aromatic carbocycles. The molecule has 0 aliphatic carbocycles. The number of nitrogens with one attached hydrogen (secondary N) is 2. The third-order valence-electron chi connectivity index (χ3n) is 3.59. The molecule has 140 valence electrons. The number of benzene rings is 1. The summed E-state index contributed by atoms with van der Waals surface area (Å²) in [5.41, 5.74) is 6.36. The molecular formula is C15H24N3O5PS. The Labute approximate surface area is 152 Å². The first-order valence-corrected chi connectivity index (χ1v) is 10.2. The van der Waals surface area contributed by atoms with Crippen molar-refractivity contribution in [3.63, 3.8) is 0 Å². The van der Waals surface area contributed by atoms with Gasteiger partial charge in [-0.2, -0.15) is 12.6 Å². The minimum absolute atomic E-state index is 0.134. The van der Waals surface area contributed by atoms with E-state index in [1.807, 2.05) is 30.3 Å². The summed E-state index contributed by atoms with van der Waals surface area (Å²) < 4.78 is 11.9. The second-order valence-corrected chi connectivity index (χ2v) is 8.74. The van der Waals surface area contributed by atoms with Gasteiger partial charge in [-0.1, -0.05) is 30.3 Å². The van der Waals surface area contributed by atoms with E-state index in [1.54, 1.807) is 0 Å². The van der Waals surface area contributed by atoms with Gasteiger partial charge >= 0.3 is 5.97 Å². The first kappa shape index (κ1) is 21.7. The van der Waals surface area contributed by atoms with Crippen LogP contribution in [0.3, 0.4) is 0 Å². The largest absolute Gasteiger partial charge is 0.480 e. The van der Waals surface area contributed by atoms with Crippen molar-refractivity contribution in [3.8, 4) is 0 Å². The maximum Gasteiger partial charge on any atom is 0.326 e. The highest BCUT2D eigenvalue weighted by atomic mass is 32.1. The lowest BCUT2D eigenvalue weighted by Gasteiger charge is -2.23. The molecule has 0 spiro atoms. The monoisotopic (exact) mass is 389 g/mol. The Hall–Kier alpha value is -1.38. The molecule has 4 atom stereocenters. The molecule has 0 bridgehead atoms. The first-order chi connectivity index (χ1) is 11.7. The zero-order valence-electron chi connectivity index (χ0n) is 13.8. The summed E-state index contributed by atoms with van der Waals surface area (Å²) >= 11 is 4.10. The van der Waals surface area contributed by atoms with Gasteiger partial charge in [-0.05, 0) is 12.5 Å². The number of thiol groups is 1. The van der Waals surface area contributed by atoms with E-state index in [2.05, 4.69) is 23.3 Å². The lowest BCUT2D eigenvalue weighted by atomic mass is 10.2.